The first-order valence-corrected chi connectivity index (χ1v) is 14.4. The number of carbonyl (C=O) groups excluding carboxylic acids is 2. The number of rotatable bonds is 6. The fourth-order valence-electron chi connectivity index (χ4n) is 4.79. The van der Waals surface area contributed by atoms with Gasteiger partial charge in [-0.3, -0.25) is 14.5 Å². The molecule has 6 rings (SSSR count). The molecule has 1 fully saturated rings. The van der Waals surface area contributed by atoms with E-state index in [-0.39, 0.29) is 17.4 Å². The van der Waals surface area contributed by atoms with Crippen molar-refractivity contribution in [2.45, 2.75) is 35.6 Å². The van der Waals surface area contributed by atoms with Crippen LogP contribution in [0.15, 0.2) is 82.7 Å². The summed E-state index contributed by atoms with van der Waals surface area (Å²) >= 11 is 8.69. The van der Waals surface area contributed by atoms with Crippen LogP contribution >= 0.6 is 34.7 Å². The number of ether oxygens (including phenoxy) is 1. The number of fused-ring (bicyclic) bond motifs is 1. The summed E-state index contributed by atoms with van der Waals surface area (Å²) in [6, 6.07) is 21.2. The second-order valence-corrected chi connectivity index (χ2v) is 11.9. The van der Waals surface area contributed by atoms with Crippen LogP contribution in [0.5, 0.6) is 5.75 Å². The maximum absolute atomic E-state index is 13.4. The van der Waals surface area contributed by atoms with E-state index < -0.39 is 17.7 Å². The van der Waals surface area contributed by atoms with E-state index in [1.807, 2.05) is 67.6 Å². The highest BCUT2D eigenvalue weighted by Gasteiger charge is 2.48. The predicted molar refractivity (Wildman–Crippen MR) is 152 cm³/mol. The summed E-state index contributed by atoms with van der Waals surface area (Å²) in [5.74, 6) is -0.343. The van der Waals surface area contributed by atoms with Gasteiger partial charge in [0.15, 0.2) is 4.34 Å². The summed E-state index contributed by atoms with van der Waals surface area (Å²) in [4.78, 5) is 28.2. The molecule has 2 aliphatic rings. The second-order valence-electron chi connectivity index (χ2n) is 9.30. The summed E-state index contributed by atoms with van der Waals surface area (Å²) in [7, 11) is 0. The van der Waals surface area contributed by atoms with Gasteiger partial charge in [-0.1, -0.05) is 77.2 Å². The Kier molecular flexibility index (Phi) is 6.88. The molecule has 0 bridgehead atoms. The number of anilines is 1. The van der Waals surface area contributed by atoms with Crippen molar-refractivity contribution in [2.24, 2.45) is 0 Å². The van der Waals surface area contributed by atoms with E-state index in [1.54, 1.807) is 12.1 Å². The number of halogens is 1. The molecule has 0 saturated carbocycles. The molecule has 4 aromatic rings. The number of carbonyl (C=O) groups is 2. The Bertz CT molecular complexity index is 1600. The van der Waals surface area contributed by atoms with Gasteiger partial charge in [0.05, 0.1) is 11.6 Å². The summed E-state index contributed by atoms with van der Waals surface area (Å²) in [6.07, 6.45) is 0.741. The van der Waals surface area contributed by atoms with E-state index in [2.05, 4.69) is 10.2 Å². The summed E-state index contributed by atoms with van der Waals surface area (Å²) in [5.41, 5.74) is 3.18. The van der Waals surface area contributed by atoms with E-state index in [4.69, 9.17) is 16.3 Å². The zero-order valence-corrected chi connectivity index (χ0v) is 23.1. The molecule has 3 heterocycles. The lowest BCUT2D eigenvalue weighted by Crippen LogP contribution is -2.29. The van der Waals surface area contributed by atoms with Gasteiger partial charge in [-0.15, -0.1) is 10.2 Å². The highest BCUT2D eigenvalue weighted by atomic mass is 35.5. The summed E-state index contributed by atoms with van der Waals surface area (Å²) in [5, 5.41) is 20.9. The monoisotopic (exact) mass is 575 g/mol. The Morgan fingerprint density at radius 1 is 1.10 bits per heavy atom. The van der Waals surface area contributed by atoms with Crippen LogP contribution in [-0.2, 0) is 21.8 Å². The average molecular weight is 576 g/mol. The van der Waals surface area contributed by atoms with E-state index in [9.17, 15) is 14.7 Å². The Morgan fingerprint density at radius 2 is 1.87 bits per heavy atom. The molecular formula is C29H22ClN3O4S2. The fourth-order valence-corrected chi connectivity index (χ4v) is 6.74. The highest BCUT2D eigenvalue weighted by Crippen LogP contribution is 2.44. The Labute approximate surface area is 238 Å². The SMILES string of the molecule is CC1Cc2cc(/C(O)=C3\C(=O)C(=O)N(c4nnc(SCc5ccc(Cl)cc5)s4)C3c3ccccc3)ccc2O1. The molecule has 196 valence electrons. The number of hydrogen-bond acceptors (Lipinski definition) is 8. The van der Waals surface area contributed by atoms with Crippen LogP contribution in [0.25, 0.3) is 5.76 Å². The number of aromatic nitrogens is 2. The first-order chi connectivity index (χ1) is 18.9. The van der Waals surface area contributed by atoms with Crippen molar-refractivity contribution in [1.29, 1.82) is 0 Å². The quantitative estimate of drug-likeness (QED) is 0.0930. The first-order valence-electron chi connectivity index (χ1n) is 12.3. The lowest BCUT2D eigenvalue weighted by Gasteiger charge is -2.22. The zero-order chi connectivity index (χ0) is 27.1. The standard InChI is InChI=1S/C29H22ClN3O4S2/c1-16-13-20-14-19(9-12-22(20)37-16)25(34)23-24(18-5-3-2-4-6-18)33(27(36)26(23)35)28-31-32-29(39-28)38-15-17-7-10-21(30)11-8-17/h2-12,14,16,24,34H,13,15H2,1H3/b25-23+. The maximum Gasteiger partial charge on any atom is 0.301 e. The average Bonchev–Trinajstić information content (AvgIpc) is 3.63. The molecule has 1 aromatic heterocycles. The molecule has 2 unspecified atom stereocenters. The third-order valence-corrected chi connectivity index (χ3v) is 8.99. The van der Waals surface area contributed by atoms with Gasteiger partial charge < -0.3 is 9.84 Å². The van der Waals surface area contributed by atoms with Crippen molar-refractivity contribution < 1.29 is 19.4 Å². The van der Waals surface area contributed by atoms with Crippen LogP contribution in [-0.4, -0.2) is 33.1 Å². The third kappa shape index (κ3) is 4.93. The van der Waals surface area contributed by atoms with Crippen LogP contribution in [0.1, 0.15) is 35.2 Å². The van der Waals surface area contributed by atoms with Crippen LogP contribution in [0, 0.1) is 0 Å². The lowest BCUT2D eigenvalue weighted by atomic mass is 9.94. The molecule has 2 atom stereocenters. The Hall–Kier alpha value is -3.66. The second kappa shape index (κ2) is 10.5. The summed E-state index contributed by atoms with van der Waals surface area (Å²) in [6.45, 7) is 1.98. The zero-order valence-electron chi connectivity index (χ0n) is 20.7. The Balaban J connectivity index is 1.36. The maximum atomic E-state index is 13.4. The molecule has 0 aliphatic carbocycles. The molecule has 0 radical (unpaired) electrons. The van der Waals surface area contributed by atoms with Crippen LogP contribution < -0.4 is 9.64 Å². The third-order valence-electron chi connectivity index (χ3n) is 6.61. The fraction of sp³-hybridized carbons (Fsp3) is 0.172. The number of benzene rings is 3. The van der Waals surface area contributed by atoms with Gasteiger partial charge in [0.1, 0.15) is 17.6 Å². The molecule has 1 N–H and O–H groups in total. The minimum atomic E-state index is -0.850. The highest BCUT2D eigenvalue weighted by molar-refractivity contribution is 8.00. The largest absolute Gasteiger partial charge is 0.507 e. The predicted octanol–water partition coefficient (Wildman–Crippen LogP) is 6.43. The molecule has 2 aliphatic heterocycles. The molecule has 0 spiro atoms. The van der Waals surface area contributed by atoms with E-state index in [0.29, 0.717) is 37.8 Å². The normalized spacial score (nSPS) is 19.8. The van der Waals surface area contributed by atoms with E-state index >= 15 is 0 Å². The minimum absolute atomic E-state index is 0.0173. The first kappa shape index (κ1) is 25.6. The van der Waals surface area contributed by atoms with Gasteiger partial charge in [0.2, 0.25) is 5.13 Å². The van der Waals surface area contributed by atoms with Gasteiger partial charge in [-0.25, -0.2) is 0 Å². The smallest absolute Gasteiger partial charge is 0.301 e. The van der Waals surface area contributed by atoms with Gasteiger partial charge in [-0.2, -0.15) is 0 Å². The van der Waals surface area contributed by atoms with Gasteiger partial charge in [0, 0.05) is 22.8 Å². The van der Waals surface area contributed by atoms with Crippen molar-refractivity contribution in [1.82, 2.24) is 10.2 Å². The van der Waals surface area contributed by atoms with Crippen molar-refractivity contribution in [3.8, 4) is 5.75 Å². The molecular weight excluding hydrogens is 554 g/mol. The number of hydrogen-bond donors (Lipinski definition) is 1. The molecule has 1 amide bonds. The lowest BCUT2D eigenvalue weighted by molar-refractivity contribution is -0.132. The number of thioether (sulfide) groups is 1. The van der Waals surface area contributed by atoms with Gasteiger partial charge in [-0.05, 0) is 53.9 Å². The Morgan fingerprint density at radius 3 is 2.64 bits per heavy atom. The van der Waals surface area contributed by atoms with Crippen molar-refractivity contribution in [2.75, 3.05) is 4.90 Å². The van der Waals surface area contributed by atoms with E-state index in [0.717, 1.165) is 16.9 Å². The molecule has 1 saturated heterocycles. The van der Waals surface area contributed by atoms with Crippen LogP contribution in [0.4, 0.5) is 5.13 Å². The number of nitrogens with zero attached hydrogens (tertiary/aromatic N) is 3. The van der Waals surface area contributed by atoms with Crippen LogP contribution in [0.3, 0.4) is 0 Å². The van der Waals surface area contributed by atoms with Crippen LogP contribution in [0.2, 0.25) is 5.02 Å². The van der Waals surface area contributed by atoms with Gasteiger partial charge in [0.25, 0.3) is 5.78 Å². The molecule has 3 aromatic carbocycles. The topological polar surface area (TPSA) is 92.6 Å². The number of aliphatic hydroxyl groups is 1. The van der Waals surface area contributed by atoms with Gasteiger partial charge >= 0.3 is 5.91 Å². The number of aliphatic hydroxyl groups excluding tert-OH is 1. The summed E-state index contributed by atoms with van der Waals surface area (Å²) < 4.78 is 6.43. The molecule has 39 heavy (non-hydrogen) atoms. The van der Waals surface area contributed by atoms with Crippen molar-refractivity contribution in [3.63, 3.8) is 0 Å². The van der Waals surface area contributed by atoms with Crippen molar-refractivity contribution in [3.05, 3.63) is 106 Å². The number of Topliss-reactive ketones (excluding diaryl/α,β-unsaturated/α-hetero) is 1. The van der Waals surface area contributed by atoms with E-state index in [1.165, 1.54) is 28.0 Å². The molecule has 7 nitrogen and oxygen atoms in total. The van der Waals surface area contributed by atoms with Crippen molar-refractivity contribution >= 4 is 57.3 Å². The number of amides is 1. The number of ketones is 1. The molecule has 10 heteroatoms. The minimum Gasteiger partial charge on any atom is -0.507 e.